The molecule has 1 atom stereocenters. The second kappa shape index (κ2) is 8.11. The van der Waals surface area contributed by atoms with Gasteiger partial charge in [-0.15, -0.1) is 0 Å². The van der Waals surface area contributed by atoms with E-state index in [0.717, 1.165) is 12.1 Å². The average Bonchev–Trinajstić information content (AvgIpc) is 3.01. The Kier molecular flexibility index (Phi) is 5.90. The lowest BCUT2D eigenvalue weighted by Gasteiger charge is -2.23. The van der Waals surface area contributed by atoms with E-state index in [0.29, 0.717) is 5.69 Å². The number of carboxylic acids is 2. The second-order valence-electron chi connectivity index (χ2n) is 6.08. The summed E-state index contributed by atoms with van der Waals surface area (Å²) in [6.45, 7) is 2.24. The van der Waals surface area contributed by atoms with Gasteiger partial charge in [-0.25, -0.2) is 4.79 Å². The van der Waals surface area contributed by atoms with Gasteiger partial charge in [-0.2, -0.15) is 5.10 Å². The largest absolute Gasteiger partial charge is 0.481 e. The molecule has 0 saturated carbocycles. The predicted octanol–water partition coefficient (Wildman–Crippen LogP) is 1.96. The fraction of sp³-hybridized carbons (Fsp3) is 0.222. The molecule has 1 aliphatic carbocycles. The van der Waals surface area contributed by atoms with E-state index in [2.05, 4.69) is 10.1 Å². The Labute approximate surface area is 150 Å². The Balaban J connectivity index is 0.000000187. The van der Waals surface area contributed by atoms with E-state index in [1.165, 1.54) is 25.2 Å². The number of aliphatic carboxylic acids is 2. The molecule has 8 heteroatoms. The molecule has 0 fully saturated rings. The van der Waals surface area contributed by atoms with Crippen LogP contribution < -0.4 is 5.73 Å². The zero-order valence-corrected chi connectivity index (χ0v) is 14.2. The lowest BCUT2D eigenvalue weighted by molar-refractivity contribution is -0.145. The molecule has 0 bridgehead atoms. The molecule has 1 aliphatic rings. The molecule has 26 heavy (non-hydrogen) atoms. The van der Waals surface area contributed by atoms with E-state index < -0.39 is 17.4 Å². The summed E-state index contributed by atoms with van der Waals surface area (Å²) in [6.07, 6.45) is 11.4. The minimum atomic E-state index is -1.08. The van der Waals surface area contributed by atoms with Gasteiger partial charge < -0.3 is 15.9 Å². The fourth-order valence-electron chi connectivity index (χ4n) is 2.33. The smallest absolute Gasteiger partial charge is 0.331 e. The molecule has 1 unspecified atom stereocenters. The van der Waals surface area contributed by atoms with E-state index in [1.54, 1.807) is 29.5 Å². The van der Waals surface area contributed by atoms with Crippen LogP contribution >= 0.6 is 0 Å². The van der Waals surface area contributed by atoms with Gasteiger partial charge in [0.05, 0.1) is 23.8 Å². The Morgan fingerprint density at radius 3 is 2.54 bits per heavy atom. The summed E-state index contributed by atoms with van der Waals surface area (Å²) >= 11 is 0. The monoisotopic (exact) mass is 356 g/mol. The molecule has 0 aliphatic heterocycles. The third-order valence-electron chi connectivity index (χ3n) is 3.83. The van der Waals surface area contributed by atoms with Gasteiger partial charge >= 0.3 is 11.9 Å². The van der Waals surface area contributed by atoms with Gasteiger partial charge in [-0.05, 0) is 31.0 Å². The number of nitrogens with two attached hydrogens (primary N) is 1. The highest BCUT2D eigenvalue weighted by Gasteiger charge is 2.34. The van der Waals surface area contributed by atoms with Crippen LogP contribution in [-0.2, 0) is 16.1 Å². The molecule has 2 aromatic heterocycles. The SMILES string of the molecule is CC1(C(=O)O)C=CC=C(C(=O)O)C1.Nc1cnn(Cc2ccncc2)c1. The van der Waals surface area contributed by atoms with Crippen molar-refractivity contribution in [2.75, 3.05) is 5.73 Å². The summed E-state index contributed by atoms with van der Waals surface area (Å²) in [4.78, 5) is 25.3. The van der Waals surface area contributed by atoms with Crippen molar-refractivity contribution in [3.63, 3.8) is 0 Å². The highest BCUT2D eigenvalue weighted by atomic mass is 16.4. The van der Waals surface area contributed by atoms with Gasteiger partial charge in [0.1, 0.15) is 0 Å². The highest BCUT2D eigenvalue weighted by molar-refractivity contribution is 5.90. The number of carbonyl (C=O) groups is 2. The summed E-state index contributed by atoms with van der Waals surface area (Å²) in [5.74, 6) is -2.06. The van der Waals surface area contributed by atoms with E-state index in [1.807, 2.05) is 12.1 Å². The number of hydrogen-bond donors (Lipinski definition) is 3. The Morgan fingerprint density at radius 1 is 1.31 bits per heavy atom. The van der Waals surface area contributed by atoms with Gasteiger partial charge in [-0.1, -0.05) is 18.2 Å². The molecular weight excluding hydrogens is 336 g/mol. The highest BCUT2D eigenvalue weighted by Crippen LogP contribution is 2.31. The number of hydrogen-bond acceptors (Lipinski definition) is 5. The van der Waals surface area contributed by atoms with E-state index in [4.69, 9.17) is 15.9 Å². The van der Waals surface area contributed by atoms with Crippen molar-refractivity contribution in [1.29, 1.82) is 0 Å². The molecule has 0 amide bonds. The first-order valence-electron chi connectivity index (χ1n) is 7.82. The molecule has 0 aromatic carbocycles. The van der Waals surface area contributed by atoms with Crippen LogP contribution in [0.2, 0.25) is 0 Å². The van der Waals surface area contributed by atoms with E-state index >= 15 is 0 Å². The molecule has 0 saturated heterocycles. The lowest BCUT2D eigenvalue weighted by Crippen LogP contribution is -2.28. The molecular formula is C18H20N4O4. The van der Waals surface area contributed by atoms with Crippen LogP contribution in [0.4, 0.5) is 5.69 Å². The topological polar surface area (TPSA) is 131 Å². The number of rotatable bonds is 4. The molecule has 0 radical (unpaired) electrons. The van der Waals surface area contributed by atoms with Gasteiger partial charge in [-0.3, -0.25) is 14.5 Å². The van der Waals surface area contributed by atoms with Crippen LogP contribution in [0.25, 0.3) is 0 Å². The maximum atomic E-state index is 10.8. The molecule has 0 spiro atoms. The number of nitrogen functional groups attached to an aromatic ring is 1. The number of aromatic nitrogens is 3. The van der Waals surface area contributed by atoms with Crippen molar-refractivity contribution in [3.05, 3.63) is 66.3 Å². The van der Waals surface area contributed by atoms with Gasteiger partial charge in [0.2, 0.25) is 0 Å². The Bertz CT molecular complexity index is 842. The summed E-state index contributed by atoms with van der Waals surface area (Å²) in [5, 5.41) is 21.6. The first kappa shape index (κ1) is 18.9. The zero-order chi connectivity index (χ0) is 19.2. The summed E-state index contributed by atoms with van der Waals surface area (Å²) in [5.41, 5.74) is 6.44. The number of pyridine rings is 1. The quantitative estimate of drug-likeness (QED) is 0.763. The van der Waals surface area contributed by atoms with Crippen LogP contribution in [0.15, 0.2) is 60.7 Å². The Hall–Kier alpha value is -3.42. The van der Waals surface area contributed by atoms with Crippen LogP contribution in [0.3, 0.4) is 0 Å². The van der Waals surface area contributed by atoms with E-state index in [9.17, 15) is 9.59 Å². The van der Waals surface area contributed by atoms with Gasteiger partial charge in [0.25, 0.3) is 0 Å². The van der Waals surface area contributed by atoms with Crippen molar-refractivity contribution in [2.45, 2.75) is 19.9 Å². The molecule has 3 rings (SSSR count). The molecule has 2 heterocycles. The first-order chi connectivity index (χ1) is 12.3. The van der Waals surface area contributed by atoms with Gasteiger partial charge in [0, 0.05) is 24.2 Å². The summed E-state index contributed by atoms with van der Waals surface area (Å²) in [6, 6.07) is 3.91. The second-order valence-corrected chi connectivity index (χ2v) is 6.08. The van der Waals surface area contributed by atoms with Crippen LogP contribution in [0.5, 0.6) is 0 Å². The standard InChI is InChI=1S/C9H10N4.C9H10O4/c10-9-5-12-13(7-9)6-8-1-3-11-4-2-8;1-9(8(12)13)4-2-3-6(5-9)7(10)11/h1-5,7H,6,10H2;2-4H,5H2,1H3,(H,10,11)(H,12,13). The predicted molar refractivity (Wildman–Crippen MR) is 95.2 cm³/mol. The maximum Gasteiger partial charge on any atom is 0.331 e. The number of anilines is 1. The van der Waals surface area contributed by atoms with Crippen LogP contribution in [0, 0.1) is 5.41 Å². The third kappa shape index (κ3) is 5.04. The van der Waals surface area contributed by atoms with Crippen LogP contribution in [0.1, 0.15) is 18.9 Å². The Morgan fingerprint density at radius 2 is 2.00 bits per heavy atom. The van der Waals surface area contributed by atoms with E-state index in [-0.39, 0.29) is 12.0 Å². The normalized spacial score (nSPS) is 18.4. The summed E-state index contributed by atoms with van der Waals surface area (Å²) in [7, 11) is 0. The average molecular weight is 356 g/mol. The van der Waals surface area contributed by atoms with Crippen molar-refractivity contribution < 1.29 is 19.8 Å². The zero-order valence-electron chi connectivity index (χ0n) is 14.2. The molecule has 4 N–H and O–H groups in total. The summed E-state index contributed by atoms with van der Waals surface area (Å²) < 4.78 is 1.80. The fourth-order valence-corrected chi connectivity index (χ4v) is 2.33. The minimum Gasteiger partial charge on any atom is -0.481 e. The lowest BCUT2D eigenvalue weighted by atomic mass is 9.80. The third-order valence-corrected chi connectivity index (χ3v) is 3.83. The minimum absolute atomic E-state index is 0.0359. The molecule has 2 aromatic rings. The van der Waals surface area contributed by atoms with Crippen molar-refractivity contribution in [2.24, 2.45) is 5.41 Å². The number of allylic oxidation sites excluding steroid dienone is 2. The van der Waals surface area contributed by atoms with Crippen molar-refractivity contribution in [1.82, 2.24) is 14.8 Å². The van der Waals surface area contributed by atoms with Crippen molar-refractivity contribution in [3.8, 4) is 0 Å². The molecule has 136 valence electrons. The van der Waals surface area contributed by atoms with Crippen molar-refractivity contribution >= 4 is 17.6 Å². The number of nitrogens with zero attached hydrogens (tertiary/aromatic N) is 3. The number of carboxylic acid groups (broad SMARTS) is 2. The first-order valence-corrected chi connectivity index (χ1v) is 7.82. The molecule has 8 nitrogen and oxygen atoms in total. The maximum absolute atomic E-state index is 10.8. The van der Waals surface area contributed by atoms with Gasteiger partial charge in [0.15, 0.2) is 0 Å². The van der Waals surface area contributed by atoms with Crippen LogP contribution in [-0.4, -0.2) is 36.9 Å².